The van der Waals surface area contributed by atoms with Gasteiger partial charge in [-0.05, 0) is 25.8 Å². The molecule has 0 bridgehead atoms. The second-order valence-corrected chi connectivity index (χ2v) is 6.55. The Bertz CT molecular complexity index is 855. The van der Waals surface area contributed by atoms with Gasteiger partial charge in [0.2, 0.25) is 0 Å². The van der Waals surface area contributed by atoms with Gasteiger partial charge in [0.05, 0.1) is 24.0 Å². The molecule has 0 amide bonds. The molecule has 25 heavy (non-hydrogen) atoms. The SMILES string of the molecule is Cc1nc(NCc2cc(-c3ccccc3)n[nH]2)cc(C2CC(O)C2)n1. The van der Waals surface area contributed by atoms with Crippen molar-refractivity contribution < 1.29 is 5.11 Å². The fourth-order valence-corrected chi connectivity index (χ4v) is 3.11. The van der Waals surface area contributed by atoms with Crippen LogP contribution in [0.3, 0.4) is 0 Å². The third-order valence-electron chi connectivity index (χ3n) is 4.55. The highest BCUT2D eigenvalue weighted by atomic mass is 16.3. The average Bonchev–Trinajstić information content (AvgIpc) is 3.06. The van der Waals surface area contributed by atoms with Crippen molar-refractivity contribution in [2.24, 2.45) is 0 Å². The van der Waals surface area contributed by atoms with Gasteiger partial charge in [-0.3, -0.25) is 5.10 Å². The molecule has 0 unspecified atom stereocenters. The van der Waals surface area contributed by atoms with E-state index in [1.165, 1.54) is 0 Å². The molecule has 0 atom stereocenters. The second-order valence-electron chi connectivity index (χ2n) is 6.55. The number of aromatic amines is 1. The molecule has 4 rings (SSSR count). The Balaban J connectivity index is 1.44. The Morgan fingerprint density at radius 2 is 1.96 bits per heavy atom. The van der Waals surface area contributed by atoms with Crippen LogP contribution in [0.15, 0.2) is 42.5 Å². The van der Waals surface area contributed by atoms with Gasteiger partial charge >= 0.3 is 0 Å². The molecule has 1 aliphatic carbocycles. The molecule has 2 aromatic heterocycles. The van der Waals surface area contributed by atoms with Crippen LogP contribution in [0.2, 0.25) is 0 Å². The van der Waals surface area contributed by atoms with E-state index in [9.17, 15) is 5.11 Å². The van der Waals surface area contributed by atoms with E-state index >= 15 is 0 Å². The van der Waals surface area contributed by atoms with E-state index in [1.54, 1.807) is 0 Å². The standard InChI is InChI=1S/C19H21N5O/c1-12-21-17(14-7-16(25)8-14)10-19(22-12)20-11-15-9-18(24-23-15)13-5-3-2-4-6-13/h2-6,9-10,14,16,25H,7-8,11H2,1H3,(H,23,24)(H,20,21,22). The highest BCUT2D eigenvalue weighted by molar-refractivity contribution is 5.59. The Hall–Kier alpha value is -2.73. The third kappa shape index (κ3) is 3.53. The first-order valence-electron chi connectivity index (χ1n) is 8.54. The Kier molecular flexibility index (Phi) is 4.19. The highest BCUT2D eigenvalue weighted by Crippen LogP contribution is 2.36. The summed E-state index contributed by atoms with van der Waals surface area (Å²) in [7, 11) is 0. The van der Waals surface area contributed by atoms with Crippen molar-refractivity contribution in [1.82, 2.24) is 20.2 Å². The number of hydrogen-bond acceptors (Lipinski definition) is 5. The summed E-state index contributed by atoms with van der Waals surface area (Å²) >= 11 is 0. The lowest BCUT2D eigenvalue weighted by molar-refractivity contribution is 0.0731. The number of rotatable bonds is 5. The number of aliphatic hydroxyl groups is 1. The molecular weight excluding hydrogens is 314 g/mol. The Morgan fingerprint density at radius 3 is 2.72 bits per heavy atom. The second kappa shape index (κ2) is 6.64. The predicted octanol–water partition coefficient (Wildman–Crippen LogP) is 3.03. The van der Waals surface area contributed by atoms with Crippen LogP contribution in [-0.4, -0.2) is 31.4 Å². The van der Waals surface area contributed by atoms with Crippen LogP contribution in [0.5, 0.6) is 0 Å². The van der Waals surface area contributed by atoms with Crippen LogP contribution < -0.4 is 5.32 Å². The first-order chi connectivity index (χ1) is 12.2. The van der Waals surface area contributed by atoms with Gasteiger partial charge in [0, 0.05) is 23.2 Å². The third-order valence-corrected chi connectivity index (χ3v) is 4.55. The summed E-state index contributed by atoms with van der Waals surface area (Å²) in [4.78, 5) is 8.96. The maximum absolute atomic E-state index is 9.50. The molecule has 6 nitrogen and oxygen atoms in total. The summed E-state index contributed by atoms with van der Waals surface area (Å²) in [5, 5.41) is 20.3. The number of aliphatic hydroxyl groups excluding tert-OH is 1. The quantitative estimate of drug-likeness (QED) is 0.667. The molecule has 0 aliphatic heterocycles. The van der Waals surface area contributed by atoms with Gasteiger partial charge in [-0.15, -0.1) is 0 Å². The molecule has 3 N–H and O–H groups in total. The van der Waals surface area contributed by atoms with Crippen molar-refractivity contribution in [3.63, 3.8) is 0 Å². The van der Waals surface area contributed by atoms with E-state index in [1.807, 2.05) is 49.4 Å². The van der Waals surface area contributed by atoms with Gasteiger partial charge < -0.3 is 10.4 Å². The molecule has 0 spiro atoms. The normalized spacial score (nSPS) is 19.4. The first kappa shape index (κ1) is 15.8. The van der Waals surface area contributed by atoms with E-state index in [0.717, 1.165) is 47.1 Å². The zero-order valence-electron chi connectivity index (χ0n) is 14.1. The summed E-state index contributed by atoms with van der Waals surface area (Å²) < 4.78 is 0. The lowest BCUT2D eigenvalue weighted by Crippen LogP contribution is -2.27. The summed E-state index contributed by atoms with van der Waals surface area (Å²) in [6, 6.07) is 14.1. The van der Waals surface area contributed by atoms with Crippen LogP contribution >= 0.6 is 0 Å². The van der Waals surface area contributed by atoms with Gasteiger partial charge in [0.25, 0.3) is 0 Å². The van der Waals surface area contributed by atoms with Crippen molar-refractivity contribution in [1.29, 1.82) is 0 Å². The molecule has 1 aromatic carbocycles. The average molecular weight is 335 g/mol. The first-order valence-corrected chi connectivity index (χ1v) is 8.54. The number of aromatic nitrogens is 4. The predicted molar refractivity (Wildman–Crippen MR) is 96.1 cm³/mol. The number of H-pyrrole nitrogens is 1. The van der Waals surface area contributed by atoms with Gasteiger partial charge in [-0.1, -0.05) is 30.3 Å². The van der Waals surface area contributed by atoms with Gasteiger partial charge in [-0.2, -0.15) is 5.10 Å². The van der Waals surface area contributed by atoms with Crippen LogP contribution in [0.4, 0.5) is 5.82 Å². The molecule has 0 radical (unpaired) electrons. The van der Waals surface area contributed by atoms with Crippen molar-refractivity contribution in [2.75, 3.05) is 5.32 Å². The Morgan fingerprint density at radius 1 is 1.16 bits per heavy atom. The van der Waals surface area contributed by atoms with Crippen LogP contribution in [0.25, 0.3) is 11.3 Å². The van der Waals surface area contributed by atoms with Gasteiger partial charge in [0.1, 0.15) is 11.6 Å². The summed E-state index contributed by atoms with van der Waals surface area (Å²) in [5.74, 6) is 1.89. The van der Waals surface area contributed by atoms with Crippen molar-refractivity contribution >= 4 is 5.82 Å². The summed E-state index contributed by atoms with van der Waals surface area (Å²) in [5.41, 5.74) is 4.03. The molecule has 128 valence electrons. The molecule has 3 aromatic rings. The fraction of sp³-hybridized carbons (Fsp3) is 0.316. The minimum Gasteiger partial charge on any atom is -0.393 e. The molecule has 1 saturated carbocycles. The smallest absolute Gasteiger partial charge is 0.130 e. The molecule has 6 heteroatoms. The number of hydrogen-bond donors (Lipinski definition) is 3. The zero-order valence-corrected chi connectivity index (χ0v) is 14.1. The largest absolute Gasteiger partial charge is 0.393 e. The van der Waals surface area contributed by atoms with Gasteiger partial charge in [0.15, 0.2) is 0 Å². The fourth-order valence-electron chi connectivity index (χ4n) is 3.11. The molecular formula is C19H21N5O. The van der Waals surface area contributed by atoms with E-state index in [-0.39, 0.29) is 6.10 Å². The summed E-state index contributed by atoms with van der Waals surface area (Å²) in [6.07, 6.45) is 1.39. The van der Waals surface area contributed by atoms with E-state index < -0.39 is 0 Å². The molecule has 1 fully saturated rings. The molecule has 2 heterocycles. The summed E-state index contributed by atoms with van der Waals surface area (Å²) in [6.45, 7) is 2.51. The van der Waals surface area contributed by atoms with Crippen LogP contribution in [0.1, 0.15) is 36.0 Å². The van der Waals surface area contributed by atoms with Gasteiger partial charge in [-0.25, -0.2) is 9.97 Å². The van der Waals surface area contributed by atoms with E-state index in [4.69, 9.17) is 0 Å². The minimum atomic E-state index is -0.182. The van der Waals surface area contributed by atoms with Crippen LogP contribution in [0, 0.1) is 6.92 Å². The lowest BCUT2D eigenvalue weighted by Gasteiger charge is -2.31. The molecule has 1 aliphatic rings. The monoisotopic (exact) mass is 335 g/mol. The van der Waals surface area contributed by atoms with E-state index in [0.29, 0.717) is 12.5 Å². The zero-order chi connectivity index (χ0) is 17.2. The maximum atomic E-state index is 9.50. The van der Waals surface area contributed by atoms with E-state index in [2.05, 4.69) is 25.5 Å². The number of anilines is 1. The molecule has 0 saturated heterocycles. The topological polar surface area (TPSA) is 86.7 Å². The number of nitrogens with zero attached hydrogens (tertiary/aromatic N) is 3. The lowest BCUT2D eigenvalue weighted by atomic mass is 9.80. The highest BCUT2D eigenvalue weighted by Gasteiger charge is 2.30. The van der Waals surface area contributed by atoms with Crippen molar-refractivity contribution in [2.45, 2.75) is 38.3 Å². The Labute approximate surface area is 146 Å². The minimum absolute atomic E-state index is 0.182. The number of aryl methyl sites for hydroxylation is 1. The maximum Gasteiger partial charge on any atom is 0.130 e. The van der Waals surface area contributed by atoms with Crippen molar-refractivity contribution in [3.05, 3.63) is 59.7 Å². The van der Waals surface area contributed by atoms with Crippen LogP contribution in [-0.2, 0) is 6.54 Å². The number of nitrogens with one attached hydrogen (secondary N) is 2. The number of benzene rings is 1. The van der Waals surface area contributed by atoms with Crippen molar-refractivity contribution in [3.8, 4) is 11.3 Å².